The van der Waals surface area contributed by atoms with Gasteiger partial charge in [-0.05, 0) is 160 Å². The van der Waals surface area contributed by atoms with Crippen LogP contribution in [0.15, 0.2) is 125 Å². The summed E-state index contributed by atoms with van der Waals surface area (Å²) in [4.78, 5) is 3.02. The van der Waals surface area contributed by atoms with Crippen molar-refractivity contribution >= 4 is 52.7 Å². The number of rotatable bonds is 20. The average molecular weight is 1210 g/mol. The van der Waals surface area contributed by atoms with Crippen LogP contribution in [-0.4, -0.2) is 80.2 Å². The van der Waals surface area contributed by atoms with Gasteiger partial charge in [-0.3, -0.25) is 0 Å². The van der Waals surface area contributed by atoms with E-state index >= 15 is 8.42 Å². The van der Waals surface area contributed by atoms with Gasteiger partial charge in [-0.1, -0.05) is 184 Å². The highest BCUT2D eigenvalue weighted by Crippen LogP contribution is 2.44. The Balaban J connectivity index is 2.57. The number of nitrogens with zero attached hydrogens (tertiary/aromatic N) is 2. The predicted octanol–water partition coefficient (Wildman–Crippen LogP) is 20.4. The van der Waals surface area contributed by atoms with Gasteiger partial charge in [0.25, 0.3) is 0 Å². The third-order valence-corrected chi connectivity index (χ3v) is 42.2. The zero-order chi connectivity index (χ0) is 60.4. The Labute approximate surface area is 497 Å². The molecule has 8 nitrogen and oxygen atoms in total. The Hall–Kier alpha value is -1.99. The predicted molar refractivity (Wildman–Crippen MR) is 359 cm³/mol. The summed E-state index contributed by atoms with van der Waals surface area (Å²) in [6.45, 7) is 46.2. The molecule has 0 aliphatic heterocycles. The minimum atomic E-state index is -3.13. The van der Waals surface area contributed by atoms with Crippen LogP contribution in [0.3, 0.4) is 0 Å². The third kappa shape index (κ3) is 19.0. The van der Waals surface area contributed by atoms with Crippen LogP contribution in [0.5, 0.6) is 0 Å². The van der Waals surface area contributed by atoms with Crippen molar-refractivity contribution in [3.05, 3.63) is 107 Å². The second-order valence-electron chi connectivity index (χ2n) is 26.6. The minimum absolute atomic E-state index is 0.0602. The Bertz CT molecular complexity index is 2350. The second-order valence-corrected chi connectivity index (χ2v) is 50.3. The molecule has 0 radical (unpaired) electrons. The van der Waals surface area contributed by atoms with Crippen LogP contribution < -0.4 is 0 Å². The summed E-state index contributed by atoms with van der Waals surface area (Å²) in [6.07, 6.45) is 19.0. The molecule has 456 valence electrons. The van der Waals surface area contributed by atoms with E-state index in [0.717, 1.165) is 84.6 Å². The molecular formula is C66H118N2O6S2Si4. The normalized spacial score (nSPS) is 25.4. The highest BCUT2D eigenvalue weighted by Gasteiger charge is 2.45. The van der Waals surface area contributed by atoms with Crippen molar-refractivity contribution in [2.45, 2.75) is 269 Å². The molecule has 8 atom stereocenters. The smallest absolute Gasteiger partial charge is 0.192 e. The monoisotopic (exact) mass is 1210 g/mol. The molecule has 80 heavy (non-hydrogen) atoms. The van der Waals surface area contributed by atoms with Crippen LogP contribution in [0.2, 0.25) is 72.5 Å². The third-order valence-electron chi connectivity index (χ3n) is 18.9. The van der Waals surface area contributed by atoms with Gasteiger partial charge in [0.05, 0.1) is 44.0 Å². The Morgan fingerprint density at radius 2 is 0.750 bits per heavy atom. The van der Waals surface area contributed by atoms with Crippen molar-refractivity contribution in [2.24, 2.45) is 32.4 Å². The van der Waals surface area contributed by atoms with Crippen molar-refractivity contribution in [1.29, 1.82) is 0 Å². The van der Waals surface area contributed by atoms with E-state index in [1.807, 2.05) is 60.7 Å². The van der Waals surface area contributed by atoms with Crippen molar-refractivity contribution in [1.82, 2.24) is 0 Å². The average Bonchev–Trinajstić information content (AvgIpc) is 3.42. The zero-order valence-corrected chi connectivity index (χ0v) is 60.5. The summed E-state index contributed by atoms with van der Waals surface area (Å²) >= 11 is 0. The summed E-state index contributed by atoms with van der Waals surface area (Å²) in [5.41, 5.74) is 0. The summed E-state index contributed by atoms with van der Waals surface area (Å²) in [5.74, 6) is 0.228. The van der Waals surface area contributed by atoms with E-state index in [0.29, 0.717) is 22.6 Å². The van der Waals surface area contributed by atoms with Crippen molar-refractivity contribution in [3.8, 4) is 0 Å². The molecule has 1 aliphatic rings. The minimum Gasteiger partial charge on any atom is -0.413 e. The van der Waals surface area contributed by atoms with Gasteiger partial charge in [0.2, 0.25) is 0 Å². The molecule has 0 saturated heterocycles. The van der Waals surface area contributed by atoms with E-state index < -0.39 is 64.9 Å². The molecule has 0 amide bonds. The number of hydrogen-bond donors (Lipinski definition) is 0. The molecule has 14 heteroatoms. The zero-order valence-electron chi connectivity index (χ0n) is 54.9. The van der Waals surface area contributed by atoms with Gasteiger partial charge < -0.3 is 17.7 Å². The highest BCUT2D eigenvalue weighted by molar-refractivity contribution is 7.97. The van der Waals surface area contributed by atoms with Crippen LogP contribution >= 0.6 is 0 Å². The molecule has 0 saturated carbocycles. The Morgan fingerprint density at radius 3 is 0.988 bits per heavy atom. The Kier molecular flexibility index (Phi) is 28.9. The van der Waals surface area contributed by atoms with E-state index in [4.69, 9.17) is 26.4 Å². The summed E-state index contributed by atoms with van der Waals surface area (Å²) in [6, 6.07) is 26.1. The molecule has 0 aromatic heterocycles. The number of allylic oxidation sites excluding steroid dienone is 4. The van der Waals surface area contributed by atoms with E-state index in [9.17, 15) is 0 Å². The molecule has 1 aliphatic carbocycles. The molecule has 0 heterocycles. The first-order chi connectivity index (χ1) is 37.4. The molecule has 4 unspecified atom stereocenters. The first-order valence-electron chi connectivity index (χ1n) is 31.3. The van der Waals surface area contributed by atoms with Crippen LogP contribution in [0.25, 0.3) is 0 Å². The summed E-state index contributed by atoms with van der Waals surface area (Å²) < 4.78 is 73.1. The van der Waals surface area contributed by atoms with Crippen LogP contribution in [-0.2, 0) is 37.2 Å². The highest BCUT2D eigenvalue weighted by atomic mass is 32.2. The van der Waals surface area contributed by atoms with Crippen LogP contribution in [0.4, 0.5) is 0 Å². The summed E-state index contributed by atoms with van der Waals surface area (Å²) in [5, 5.41) is -0.174. The lowest BCUT2D eigenvalue weighted by Crippen LogP contribution is -2.46. The fourth-order valence-electron chi connectivity index (χ4n) is 10.9. The van der Waals surface area contributed by atoms with E-state index in [2.05, 4.69) is 173 Å². The van der Waals surface area contributed by atoms with Gasteiger partial charge in [-0.25, -0.2) is 17.1 Å². The molecule has 2 aromatic rings. The van der Waals surface area contributed by atoms with Crippen molar-refractivity contribution in [2.75, 3.05) is 14.1 Å². The van der Waals surface area contributed by atoms with E-state index in [1.54, 1.807) is 14.1 Å². The SMILES string of the molecule is CC[Si](CC)(CC)OC1CC/C=C/CC[C@H](O[Si](C)(C)C(C)(C)C)/C(S(=O)(=NC)c2ccccc2)=C\[C@@H](C(C)C)C(O[Si](CC)(CC)CC)CC/C=C/CC[C@H](O[Si](C)(C)C(C)(C)C)/C(S(=O)(=NC)c2ccccc2)=C\[C@H]1C(C)C. The standard InChI is InChI=1S/C66H118N2O6S2Si4/c1-23-79(24-2,25-3)73-59-47-39-29-31-41-50-62(72-78(21,22)66(14,15)16)64(76(70,68-18)56-45-37-34-38-46-56)52-58(54(9)10)60(74-80(26-4,27-5)28-6)48-40-30-32-42-49-61(71-77(19,20)65(11,12)13)63(51-57(59)53(7)8)75(69,67-17)55-43-35-33-36-44-55/h29-38,43-46,51-54,57-62H,23-28,39-42,47-50H2,1-22H3/b31-29+,32-30+,63-51+,64-52+/t57-,58-,59?,60?,61-,62-,75?,76?/m0/s1. The molecular weight excluding hydrogens is 1090 g/mol. The summed E-state index contributed by atoms with van der Waals surface area (Å²) in [7, 11) is -12.0. The molecule has 3 rings (SSSR count). The first-order valence-corrected chi connectivity index (χ1v) is 45.2. The van der Waals surface area contributed by atoms with Crippen molar-refractivity contribution < 1.29 is 26.1 Å². The molecule has 0 fully saturated rings. The van der Waals surface area contributed by atoms with E-state index in [1.165, 1.54) is 0 Å². The van der Waals surface area contributed by atoms with Crippen LogP contribution in [0, 0.1) is 23.7 Å². The number of hydrogen-bond acceptors (Lipinski definition) is 8. The van der Waals surface area contributed by atoms with Gasteiger partial charge in [-0.15, -0.1) is 0 Å². The fourth-order valence-corrected chi connectivity index (χ4v) is 23.7. The lowest BCUT2D eigenvalue weighted by molar-refractivity contribution is 0.110. The molecule has 0 bridgehead atoms. The quantitative estimate of drug-likeness (QED) is 0.0968. The maximum absolute atomic E-state index is 16.3. The number of benzene rings is 2. The maximum atomic E-state index is 16.3. The van der Waals surface area contributed by atoms with Crippen LogP contribution in [0.1, 0.15) is 162 Å². The van der Waals surface area contributed by atoms with Gasteiger partial charge >= 0.3 is 0 Å². The van der Waals surface area contributed by atoms with Crippen molar-refractivity contribution in [3.63, 3.8) is 0 Å². The topological polar surface area (TPSA) is 95.8 Å². The lowest BCUT2D eigenvalue weighted by atomic mass is 9.86. The van der Waals surface area contributed by atoms with E-state index in [-0.39, 0.29) is 46.0 Å². The molecule has 0 N–H and O–H groups in total. The largest absolute Gasteiger partial charge is 0.413 e. The molecule has 0 spiro atoms. The van der Waals surface area contributed by atoms with Gasteiger partial charge in [0.1, 0.15) is 19.5 Å². The fraction of sp³-hybridized carbons (Fsp3) is 0.697. The second kappa shape index (κ2) is 31.9. The van der Waals surface area contributed by atoms with Gasteiger partial charge in [-0.2, -0.15) is 0 Å². The lowest BCUT2D eigenvalue weighted by Gasteiger charge is -2.41. The van der Waals surface area contributed by atoms with Gasteiger partial charge in [0, 0.05) is 25.9 Å². The molecule has 2 aromatic carbocycles. The Morgan fingerprint density at radius 1 is 0.475 bits per heavy atom. The van der Waals surface area contributed by atoms with Gasteiger partial charge in [0.15, 0.2) is 33.3 Å². The maximum Gasteiger partial charge on any atom is 0.192 e. The first kappa shape index (κ1) is 72.3.